The van der Waals surface area contributed by atoms with Crippen LogP contribution in [0.25, 0.3) is 0 Å². The maximum absolute atomic E-state index is 11.6. The Morgan fingerprint density at radius 2 is 2.00 bits per heavy atom. The van der Waals surface area contributed by atoms with Gasteiger partial charge in [-0.1, -0.05) is 49.0 Å². The first-order valence-electron chi connectivity index (χ1n) is 5.11. The van der Waals surface area contributed by atoms with Crippen molar-refractivity contribution in [3.8, 4) is 0 Å². The summed E-state index contributed by atoms with van der Waals surface area (Å²) in [6.45, 7) is 4.03. The molecule has 0 aliphatic rings. The van der Waals surface area contributed by atoms with Crippen LogP contribution in [0.15, 0.2) is 30.3 Å². The van der Waals surface area contributed by atoms with Crippen LogP contribution in [-0.2, 0) is 0 Å². The predicted octanol–water partition coefficient (Wildman–Crippen LogP) is 3.55. The van der Waals surface area contributed by atoms with E-state index in [2.05, 4.69) is 0 Å². The van der Waals surface area contributed by atoms with Crippen LogP contribution in [0.2, 0.25) is 0 Å². The van der Waals surface area contributed by atoms with Crippen LogP contribution in [0.5, 0.6) is 0 Å². The highest BCUT2D eigenvalue weighted by molar-refractivity contribution is 8.13. The highest BCUT2D eigenvalue weighted by Gasteiger charge is 2.16. The number of amides is 1. The van der Waals surface area contributed by atoms with Gasteiger partial charge in [-0.3, -0.25) is 4.79 Å². The predicted molar refractivity (Wildman–Crippen MR) is 66.1 cm³/mol. The minimum absolute atomic E-state index is 0.133. The van der Waals surface area contributed by atoms with Gasteiger partial charge in [0.1, 0.15) is 0 Å². The first-order valence-corrected chi connectivity index (χ1v) is 6.10. The van der Waals surface area contributed by atoms with Gasteiger partial charge < -0.3 is 4.90 Å². The quantitative estimate of drug-likeness (QED) is 0.781. The lowest BCUT2D eigenvalue weighted by molar-refractivity contribution is 0.220. The van der Waals surface area contributed by atoms with E-state index in [4.69, 9.17) is 0 Å². The Kier molecular flexibility index (Phi) is 4.69. The molecule has 3 heteroatoms. The second-order valence-corrected chi connectivity index (χ2v) is 4.61. The fourth-order valence-electron chi connectivity index (χ4n) is 1.34. The van der Waals surface area contributed by atoms with Crippen LogP contribution in [0, 0.1) is 0 Å². The summed E-state index contributed by atoms with van der Waals surface area (Å²) >= 11 is 1.35. The Morgan fingerprint density at radius 1 is 1.40 bits per heavy atom. The third kappa shape index (κ3) is 3.27. The molecular formula is C12H17NOS. The van der Waals surface area contributed by atoms with Crippen LogP contribution in [0.4, 0.5) is 4.79 Å². The van der Waals surface area contributed by atoms with Crippen molar-refractivity contribution >= 4 is 17.0 Å². The van der Waals surface area contributed by atoms with Gasteiger partial charge in [-0.05, 0) is 18.2 Å². The number of hydrogen-bond acceptors (Lipinski definition) is 2. The molecule has 0 bridgehead atoms. The van der Waals surface area contributed by atoms with E-state index < -0.39 is 0 Å². The van der Waals surface area contributed by atoms with Crippen LogP contribution < -0.4 is 0 Å². The molecule has 0 fully saturated rings. The average molecular weight is 223 g/mol. The van der Waals surface area contributed by atoms with E-state index in [0.717, 1.165) is 5.75 Å². The molecule has 82 valence electrons. The molecule has 15 heavy (non-hydrogen) atoms. The van der Waals surface area contributed by atoms with E-state index in [0.29, 0.717) is 0 Å². The zero-order valence-electron chi connectivity index (χ0n) is 9.43. The van der Waals surface area contributed by atoms with Crippen LogP contribution >= 0.6 is 11.8 Å². The molecule has 0 aliphatic carbocycles. The summed E-state index contributed by atoms with van der Waals surface area (Å²) in [5.74, 6) is 0.824. The Hall–Kier alpha value is -0.960. The van der Waals surface area contributed by atoms with Gasteiger partial charge in [0.25, 0.3) is 5.24 Å². The molecule has 1 rings (SSSR count). The maximum atomic E-state index is 11.6. The largest absolute Gasteiger partial charge is 0.330 e. The van der Waals surface area contributed by atoms with Crippen molar-refractivity contribution in [3.63, 3.8) is 0 Å². The molecule has 1 unspecified atom stereocenters. The van der Waals surface area contributed by atoms with Gasteiger partial charge in [0, 0.05) is 7.05 Å². The average Bonchev–Trinajstić information content (AvgIpc) is 2.28. The highest BCUT2D eigenvalue weighted by Crippen LogP contribution is 2.21. The number of rotatable bonds is 3. The van der Waals surface area contributed by atoms with Gasteiger partial charge in [-0.25, -0.2) is 0 Å². The van der Waals surface area contributed by atoms with Crippen molar-refractivity contribution in [1.29, 1.82) is 0 Å². The molecule has 0 saturated carbocycles. The third-order valence-electron chi connectivity index (χ3n) is 2.42. The van der Waals surface area contributed by atoms with Crippen LogP contribution in [0.3, 0.4) is 0 Å². The highest BCUT2D eigenvalue weighted by atomic mass is 32.2. The standard InChI is InChI=1S/C12H17NOS/c1-4-15-12(14)13(3)10(2)11-8-6-5-7-9-11/h5-10H,4H2,1-3H3. The summed E-state index contributed by atoms with van der Waals surface area (Å²) in [7, 11) is 1.85. The Bertz CT molecular complexity index is 313. The summed E-state index contributed by atoms with van der Waals surface area (Å²) in [5, 5.41) is 0.133. The molecule has 0 saturated heterocycles. The fraction of sp³-hybridized carbons (Fsp3) is 0.417. The number of carbonyl (C=O) groups excluding carboxylic acids is 1. The lowest BCUT2D eigenvalue weighted by Crippen LogP contribution is -2.26. The van der Waals surface area contributed by atoms with Gasteiger partial charge in [-0.15, -0.1) is 0 Å². The zero-order chi connectivity index (χ0) is 11.3. The first kappa shape index (κ1) is 12.1. The number of thioether (sulfide) groups is 1. The molecule has 1 aromatic carbocycles. The molecule has 1 atom stereocenters. The molecule has 1 aromatic rings. The molecule has 0 aliphatic heterocycles. The van der Waals surface area contributed by atoms with Gasteiger partial charge in [-0.2, -0.15) is 0 Å². The molecule has 2 nitrogen and oxygen atoms in total. The van der Waals surface area contributed by atoms with Gasteiger partial charge in [0.2, 0.25) is 0 Å². The van der Waals surface area contributed by atoms with E-state index in [1.807, 2.05) is 51.2 Å². The minimum atomic E-state index is 0.133. The van der Waals surface area contributed by atoms with E-state index in [1.165, 1.54) is 17.3 Å². The van der Waals surface area contributed by atoms with Crippen LogP contribution in [0.1, 0.15) is 25.5 Å². The third-order valence-corrected chi connectivity index (χ3v) is 3.24. The van der Waals surface area contributed by atoms with Crippen molar-refractivity contribution in [2.75, 3.05) is 12.8 Å². The molecule has 0 N–H and O–H groups in total. The van der Waals surface area contributed by atoms with Crippen molar-refractivity contribution < 1.29 is 4.79 Å². The lowest BCUT2D eigenvalue weighted by Gasteiger charge is -2.24. The summed E-state index contributed by atoms with van der Waals surface area (Å²) in [6.07, 6.45) is 0. The van der Waals surface area contributed by atoms with E-state index >= 15 is 0 Å². The fourth-order valence-corrected chi connectivity index (χ4v) is 1.95. The monoisotopic (exact) mass is 223 g/mol. The molecule has 1 amide bonds. The zero-order valence-corrected chi connectivity index (χ0v) is 10.3. The lowest BCUT2D eigenvalue weighted by atomic mass is 10.1. The van der Waals surface area contributed by atoms with Crippen molar-refractivity contribution in [1.82, 2.24) is 4.90 Å². The topological polar surface area (TPSA) is 20.3 Å². The summed E-state index contributed by atoms with van der Waals surface area (Å²) < 4.78 is 0. The molecular weight excluding hydrogens is 206 g/mol. The van der Waals surface area contributed by atoms with Gasteiger partial charge in [0.05, 0.1) is 6.04 Å². The molecule has 0 aromatic heterocycles. The molecule has 0 radical (unpaired) electrons. The van der Waals surface area contributed by atoms with Crippen molar-refractivity contribution in [2.45, 2.75) is 19.9 Å². The SMILES string of the molecule is CCSC(=O)N(C)C(C)c1ccccc1. The normalized spacial score (nSPS) is 12.2. The van der Waals surface area contributed by atoms with E-state index in [9.17, 15) is 4.79 Å². The number of carbonyl (C=O) groups is 1. The van der Waals surface area contributed by atoms with Crippen molar-refractivity contribution in [2.24, 2.45) is 0 Å². The number of benzene rings is 1. The Labute approximate surface area is 95.7 Å². The molecule has 0 heterocycles. The Balaban J connectivity index is 2.68. The summed E-state index contributed by atoms with van der Waals surface area (Å²) in [5.41, 5.74) is 1.17. The summed E-state index contributed by atoms with van der Waals surface area (Å²) in [4.78, 5) is 13.4. The minimum Gasteiger partial charge on any atom is -0.330 e. The smallest absolute Gasteiger partial charge is 0.281 e. The van der Waals surface area contributed by atoms with Crippen LogP contribution in [-0.4, -0.2) is 22.9 Å². The molecule has 0 spiro atoms. The summed E-state index contributed by atoms with van der Waals surface area (Å²) in [6, 6.07) is 10.2. The number of nitrogens with zero attached hydrogens (tertiary/aromatic N) is 1. The van der Waals surface area contributed by atoms with E-state index in [1.54, 1.807) is 4.90 Å². The van der Waals surface area contributed by atoms with E-state index in [-0.39, 0.29) is 11.3 Å². The number of hydrogen-bond donors (Lipinski definition) is 0. The maximum Gasteiger partial charge on any atom is 0.281 e. The Morgan fingerprint density at radius 3 is 2.53 bits per heavy atom. The second kappa shape index (κ2) is 5.81. The second-order valence-electron chi connectivity index (χ2n) is 3.40. The first-order chi connectivity index (χ1) is 7.16. The van der Waals surface area contributed by atoms with Crippen molar-refractivity contribution in [3.05, 3.63) is 35.9 Å². The van der Waals surface area contributed by atoms with Gasteiger partial charge >= 0.3 is 0 Å². The van der Waals surface area contributed by atoms with Gasteiger partial charge in [0.15, 0.2) is 0 Å².